The standard InChI is InChI=1S/C26H30ClFN4O4S2/c1-18-21(27)9-10-23-24(18)29-26(37-23)31(12-3-11-30-14-16-36-17-15-30)25(33)22-4-2-13-32(22)38(34,35)20-7-5-19(28)6-8-20/h5-10,22H,2-4,11-17H2,1H3. The number of thiazole rings is 1. The molecule has 1 atom stereocenters. The summed E-state index contributed by atoms with van der Waals surface area (Å²) in [6.45, 7) is 6.41. The minimum Gasteiger partial charge on any atom is -0.379 e. The van der Waals surface area contributed by atoms with Crippen LogP contribution in [-0.4, -0.2) is 80.5 Å². The third-order valence-corrected chi connectivity index (χ3v) is 10.5. The van der Waals surface area contributed by atoms with Crippen molar-refractivity contribution in [3.05, 3.63) is 52.8 Å². The lowest BCUT2D eigenvalue weighted by Crippen LogP contribution is -2.48. The van der Waals surface area contributed by atoms with E-state index in [0.717, 1.165) is 47.5 Å². The first-order valence-electron chi connectivity index (χ1n) is 12.7. The zero-order valence-corrected chi connectivity index (χ0v) is 23.5. The first-order valence-corrected chi connectivity index (χ1v) is 15.3. The molecule has 1 aromatic heterocycles. The van der Waals surface area contributed by atoms with Gasteiger partial charge in [0.1, 0.15) is 11.9 Å². The van der Waals surface area contributed by atoms with Gasteiger partial charge >= 0.3 is 0 Å². The molecule has 5 rings (SSSR count). The summed E-state index contributed by atoms with van der Waals surface area (Å²) in [5.41, 5.74) is 1.58. The Morgan fingerprint density at radius 3 is 2.66 bits per heavy atom. The number of sulfonamides is 1. The fraction of sp³-hybridized carbons (Fsp3) is 0.462. The van der Waals surface area contributed by atoms with Gasteiger partial charge in [-0.05, 0) is 68.1 Å². The van der Waals surface area contributed by atoms with E-state index in [1.807, 2.05) is 19.1 Å². The van der Waals surface area contributed by atoms with Crippen molar-refractivity contribution in [1.29, 1.82) is 0 Å². The number of carbonyl (C=O) groups is 1. The van der Waals surface area contributed by atoms with Crippen molar-refractivity contribution in [1.82, 2.24) is 14.2 Å². The minimum atomic E-state index is -3.98. The number of aryl methyl sites for hydroxylation is 1. The number of carbonyl (C=O) groups excluding carboxylic acids is 1. The van der Waals surface area contributed by atoms with Crippen LogP contribution in [0.3, 0.4) is 0 Å². The van der Waals surface area contributed by atoms with Crippen LogP contribution >= 0.6 is 22.9 Å². The molecular formula is C26H30ClFN4O4S2. The number of fused-ring (bicyclic) bond motifs is 1. The van der Waals surface area contributed by atoms with Crippen LogP contribution in [-0.2, 0) is 19.6 Å². The minimum absolute atomic E-state index is 0.0253. The molecule has 1 amide bonds. The second kappa shape index (κ2) is 11.5. The number of morpholine rings is 1. The second-order valence-electron chi connectivity index (χ2n) is 9.54. The van der Waals surface area contributed by atoms with E-state index < -0.39 is 21.9 Å². The molecule has 0 radical (unpaired) electrons. The molecule has 38 heavy (non-hydrogen) atoms. The lowest BCUT2D eigenvalue weighted by Gasteiger charge is -2.30. The normalized spacial score (nSPS) is 19.3. The van der Waals surface area contributed by atoms with Crippen LogP contribution in [0.5, 0.6) is 0 Å². The van der Waals surface area contributed by atoms with Crippen LogP contribution < -0.4 is 4.90 Å². The van der Waals surface area contributed by atoms with Crippen molar-refractivity contribution in [2.45, 2.75) is 37.1 Å². The van der Waals surface area contributed by atoms with Gasteiger partial charge in [0.2, 0.25) is 15.9 Å². The van der Waals surface area contributed by atoms with E-state index >= 15 is 0 Å². The second-order valence-corrected chi connectivity index (χ2v) is 12.8. The summed E-state index contributed by atoms with van der Waals surface area (Å²) in [4.78, 5) is 22.8. The highest BCUT2D eigenvalue weighted by Gasteiger charge is 2.42. The van der Waals surface area contributed by atoms with Crippen molar-refractivity contribution >= 4 is 54.2 Å². The van der Waals surface area contributed by atoms with Crippen LogP contribution in [0.15, 0.2) is 41.3 Å². The lowest BCUT2D eigenvalue weighted by molar-refractivity contribution is -0.121. The van der Waals surface area contributed by atoms with Crippen LogP contribution in [0, 0.1) is 12.7 Å². The van der Waals surface area contributed by atoms with Crippen molar-refractivity contribution in [2.24, 2.45) is 0 Å². The molecule has 2 aliphatic rings. The Bertz CT molecular complexity index is 1410. The maximum absolute atomic E-state index is 14.1. The number of ether oxygens (including phenoxy) is 1. The third-order valence-electron chi connectivity index (χ3n) is 7.10. The highest BCUT2D eigenvalue weighted by molar-refractivity contribution is 7.89. The SMILES string of the molecule is Cc1c(Cl)ccc2sc(N(CCCN3CCOCC3)C(=O)C3CCCN3S(=O)(=O)c3ccc(F)cc3)nc12. The lowest BCUT2D eigenvalue weighted by atomic mass is 10.2. The summed E-state index contributed by atoms with van der Waals surface area (Å²) in [7, 11) is -3.98. The Labute approximate surface area is 231 Å². The van der Waals surface area contributed by atoms with Gasteiger partial charge in [0.15, 0.2) is 5.13 Å². The average molecular weight is 581 g/mol. The highest BCUT2D eigenvalue weighted by Crippen LogP contribution is 2.35. The van der Waals surface area contributed by atoms with Crippen LogP contribution in [0.1, 0.15) is 24.8 Å². The predicted octanol–water partition coefficient (Wildman–Crippen LogP) is 4.31. The number of halogens is 2. The summed E-state index contributed by atoms with van der Waals surface area (Å²) in [6, 6.07) is 7.57. The zero-order valence-electron chi connectivity index (χ0n) is 21.1. The summed E-state index contributed by atoms with van der Waals surface area (Å²) < 4.78 is 48.0. The number of hydrogen-bond acceptors (Lipinski definition) is 7. The number of rotatable bonds is 8. The fourth-order valence-corrected chi connectivity index (χ4v) is 7.84. The Hall–Kier alpha value is -2.15. The molecule has 204 valence electrons. The quantitative estimate of drug-likeness (QED) is 0.395. The molecule has 8 nitrogen and oxygen atoms in total. The number of amides is 1. The predicted molar refractivity (Wildman–Crippen MR) is 147 cm³/mol. The number of anilines is 1. The van der Waals surface area contributed by atoms with Gasteiger partial charge < -0.3 is 4.74 Å². The largest absolute Gasteiger partial charge is 0.379 e. The summed E-state index contributed by atoms with van der Waals surface area (Å²) in [6.07, 6.45) is 1.68. The molecule has 2 saturated heterocycles. The number of hydrogen-bond donors (Lipinski definition) is 0. The molecular weight excluding hydrogens is 551 g/mol. The summed E-state index contributed by atoms with van der Waals surface area (Å²) in [5, 5.41) is 1.13. The molecule has 0 aliphatic carbocycles. The van der Waals surface area contributed by atoms with Gasteiger partial charge in [-0.2, -0.15) is 4.31 Å². The Balaban J connectivity index is 1.43. The van der Waals surface area contributed by atoms with Gasteiger partial charge in [0.25, 0.3) is 0 Å². The molecule has 2 aliphatic heterocycles. The number of benzene rings is 2. The fourth-order valence-electron chi connectivity index (χ4n) is 4.98. The van der Waals surface area contributed by atoms with Crippen molar-refractivity contribution < 1.29 is 22.3 Å². The van der Waals surface area contributed by atoms with Gasteiger partial charge in [0.05, 0.1) is 28.3 Å². The molecule has 1 unspecified atom stereocenters. The van der Waals surface area contributed by atoms with E-state index in [1.54, 1.807) is 4.90 Å². The first-order chi connectivity index (χ1) is 18.3. The summed E-state index contributed by atoms with van der Waals surface area (Å²) >= 11 is 7.72. The molecule has 0 N–H and O–H groups in total. The van der Waals surface area contributed by atoms with E-state index in [9.17, 15) is 17.6 Å². The van der Waals surface area contributed by atoms with Gasteiger partial charge in [-0.15, -0.1) is 0 Å². The third kappa shape index (κ3) is 5.59. The molecule has 2 aromatic carbocycles. The molecule has 0 bridgehead atoms. The number of aromatic nitrogens is 1. The molecule has 2 fully saturated rings. The average Bonchev–Trinajstić information content (AvgIpc) is 3.58. The molecule has 0 saturated carbocycles. The molecule has 3 aromatic rings. The maximum atomic E-state index is 14.1. The van der Waals surface area contributed by atoms with Crippen molar-refractivity contribution in [2.75, 3.05) is 50.8 Å². The van der Waals surface area contributed by atoms with Crippen LogP contribution in [0.25, 0.3) is 10.2 Å². The van der Waals surface area contributed by atoms with E-state index in [2.05, 4.69) is 4.90 Å². The maximum Gasteiger partial charge on any atom is 0.247 e. The molecule has 3 heterocycles. The monoisotopic (exact) mass is 580 g/mol. The Morgan fingerprint density at radius 1 is 1.18 bits per heavy atom. The molecule has 12 heteroatoms. The van der Waals surface area contributed by atoms with Crippen LogP contribution in [0.4, 0.5) is 9.52 Å². The van der Waals surface area contributed by atoms with Gasteiger partial charge in [0, 0.05) is 37.7 Å². The summed E-state index contributed by atoms with van der Waals surface area (Å²) in [5.74, 6) is -0.811. The Morgan fingerprint density at radius 2 is 1.92 bits per heavy atom. The van der Waals surface area contributed by atoms with Crippen molar-refractivity contribution in [3.8, 4) is 0 Å². The zero-order chi connectivity index (χ0) is 26.9. The van der Waals surface area contributed by atoms with Crippen LogP contribution in [0.2, 0.25) is 5.02 Å². The molecule has 0 spiro atoms. The van der Waals surface area contributed by atoms with E-state index in [1.165, 1.54) is 27.8 Å². The topological polar surface area (TPSA) is 83.0 Å². The van der Waals surface area contributed by atoms with E-state index in [4.69, 9.17) is 21.3 Å². The van der Waals surface area contributed by atoms with Gasteiger partial charge in [-0.1, -0.05) is 22.9 Å². The number of nitrogens with zero attached hydrogens (tertiary/aromatic N) is 4. The van der Waals surface area contributed by atoms with Gasteiger partial charge in [-0.25, -0.2) is 17.8 Å². The van der Waals surface area contributed by atoms with Crippen molar-refractivity contribution in [3.63, 3.8) is 0 Å². The first kappa shape index (κ1) is 27.4. The smallest absolute Gasteiger partial charge is 0.247 e. The van der Waals surface area contributed by atoms with Gasteiger partial charge in [-0.3, -0.25) is 14.6 Å². The van der Waals surface area contributed by atoms with E-state index in [0.29, 0.717) is 49.2 Å². The Kier molecular flexibility index (Phi) is 8.32. The highest BCUT2D eigenvalue weighted by atomic mass is 35.5. The van der Waals surface area contributed by atoms with E-state index in [-0.39, 0.29) is 17.3 Å².